The van der Waals surface area contributed by atoms with Crippen LogP contribution in [0.4, 0.5) is 11.4 Å². The summed E-state index contributed by atoms with van der Waals surface area (Å²) < 4.78 is 7.77. The quantitative estimate of drug-likeness (QED) is 0.671. The van der Waals surface area contributed by atoms with Crippen molar-refractivity contribution in [1.82, 2.24) is 4.57 Å². The van der Waals surface area contributed by atoms with Crippen molar-refractivity contribution < 1.29 is 14.3 Å². The molecule has 0 aliphatic heterocycles. The maximum atomic E-state index is 12.9. The number of aryl methyl sites for hydroxylation is 1. The number of ether oxygens (including phenoxy) is 1. The number of halogens is 1. The molecular formula is C19H18BrN3O3. The number of para-hydroxylation sites is 1. The van der Waals surface area contributed by atoms with Crippen LogP contribution < -0.4 is 15.4 Å². The van der Waals surface area contributed by atoms with Crippen molar-refractivity contribution in [3.05, 3.63) is 52.6 Å². The van der Waals surface area contributed by atoms with Gasteiger partial charge in [-0.3, -0.25) is 9.59 Å². The number of nitrogens with zero attached hydrogens (tertiary/aromatic N) is 1. The van der Waals surface area contributed by atoms with Crippen molar-refractivity contribution in [2.45, 2.75) is 6.92 Å². The van der Waals surface area contributed by atoms with E-state index in [0.29, 0.717) is 22.8 Å². The van der Waals surface area contributed by atoms with Crippen LogP contribution in [0, 0.1) is 0 Å². The highest BCUT2D eigenvalue weighted by Gasteiger charge is 2.20. The second kappa shape index (κ2) is 7.21. The van der Waals surface area contributed by atoms with Crippen LogP contribution in [0.25, 0.3) is 10.9 Å². The van der Waals surface area contributed by atoms with Crippen LogP contribution in [0.2, 0.25) is 0 Å². The molecule has 0 unspecified atom stereocenters. The number of methoxy groups -OCH3 is 1. The van der Waals surface area contributed by atoms with Crippen molar-refractivity contribution >= 4 is 50.0 Å². The van der Waals surface area contributed by atoms with Gasteiger partial charge >= 0.3 is 0 Å². The monoisotopic (exact) mass is 415 g/mol. The molecule has 0 aliphatic rings. The number of amides is 2. The fraction of sp³-hybridized carbons (Fsp3) is 0.158. The molecule has 1 heterocycles. The molecule has 6 nitrogen and oxygen atoms in total. The molecule has 2 N–H and O–H groups in total. The number of hydrogen-bond donors (Lipinski definition) is 2. The van der Waals surface area contributed by atoms with Crippen LogP contribution in [-0.2, 0) is 11.8 Å². The van der Waals surface area contributed by atoms with Crippen molar-refractivity contribution in [2.75, 3.05) is 17.7 Å². The fourth-order valence-electron chi connectivity index (χ4n) is 2.83. The number of nitrogens with one attached hydrogen (secondary N) is 2. The minimum absolute atomic E-state index is 0.226. The topological polar surface area (TPSA) is 72.4 Å². The van der Waals surface area contributed by atoms with Gasteiger partial charge in [-0.1, -0.05) is 18.2 Å². The molecule has 0 spiro atoms. The van der Waals surface area contributed by atoms with Gasteiger partial charge in [-0.15, -0.1) is 0 Å². The van der Waals surface area contributed by atoms with Crippen molar-refractivity contribution in [3.63, 3.8) is 0 Å². The number of rotatable bonds is 4. The highest BCUT2D eigenvalue weighted by Crippen LogP contribution is 2.32. The Morgan fingerprint density at radius 3 is 2.46 bits per heavy atom. The highest BCUT2D eigenvalue weighted by molar-refractivity contribution is 9.10. The van der Waals surface area contributed by atoms with Crippen molar-refractivity contribution in [1.29, 1.82) is 0 Å². The number of carbonyl (C=O) groups is 2. The van der Waals surface area contributed by atoms with E-state index in [2.05, 4.69) is 26.6 Å². The van der Waals surface area contributed by atoms with Gasteiger partial charge in [0.15, 0.2) is 0 Å². The fourth-order valence-corrected chi connectivity index (χ4v) is 3.61. The molecule has 1 aromatic heterocycles. The molecular weight excluding hydrogens is 398 g/mol. The zero-order valence-corrected chi connectivity index (χ0v) is 16.2. The second-order valence-electron chi connectivity index (χ2n) is 5.79. The van der Waals surface area contributed by atoms with Gasteiger partial charge in [0.1, 0.15) is 11.4 Å². The second-order valence-corrected chi connectivity index (χ2v) is 6.58. The zero-order chi connectivity index (χ0) is 18.8. The summed E-state index contributed by atoms with van der Waals surface area (Å²) in [6.45, 7) is 1.41. The smallest absolute Gasteiger partial charge is 0.273 e. The first-order chi connectivity index (χ1) is 12.4. The SMILES string of the molecule is COc1ccc(NC(C)=O)c(NC(=O)c2c(Br)c3ccccc3n2C)c1. The Balaban J connectivity index is 2.02. The molecule has 0 bridgehead atoms. The van der Waals surface area contributed by atoms with Gasteiger partial charge < -0.3 is 19.9 Å². The third kappa shape index (κ3) is 3.30. The van der Waals surface area contributed by atoms with Gasteiger partial charge in [0.2, 0.25) is 5.91 Å². The van der Waals surface area contributed by atoms with Gasteiger partial charge in [-0.25, -0.2) is 0 Å². The molecule has 0 aliphatic carbocycles. The number of aromatic nitrogens is 1. The predicted octanol–water partition coefficient (Wildman–Crippen LogP) is 4.16. The van der Waals surface area contributed by atoms with E-state index in [1.165, 1.54) is 6.92 Å². The average Bonchev–Trinajstić information content (AvgIpc) is 2.87. The summed E-state index contributed by atoms with van der Waals surface area (Å²) in [7, 11) is 3.38. The molecule has 3 aromatic rings. The standard InChI is InChI=1S/C19H18BrN3O3/c1-11(24)21-14-9-8-12(26-3)10-15(14)22-19(25)18-17(20)13-6-4-5-7-16(13)23(18)2/h4-10H,1-3H3,(H,21,24)(H,22,25). The average molecular weight is 416 g/mol. The molecule has 0 saturated carbocycles. The van der Waals surface area contributed by atoms with Gasteiger partial charge in [-0.2, -0.15) is 0 Å². The molecule has 7 heteroatoms. The van der Waals surface area contributed by atoms with E-state index in [0.717, 1.165) is 15.4 Å². The summed E-state index contributed by atoms with van der Waals surface area (Å²) in [6, 6.07) is 12.8. The first kappa shape index (κ1) is 18.0. The van der Waals surface area contributed by atoms with E-state index in [1.807, 2.05) is 35.9 Å². The Morgan fingerprint density at radius 1 is 1.08 bits per heavy atom. The lowest BCUT2D eigenvalue weighted by molar-refractivity contribution is -0.114. The van der Waals surface area contributed by atoms with Crippen LogP contribution in [0.5, 0.6) is 5.75 Å². The van der Waals surface area contributed by atoms with Gasteiger partial charge in [0.25, 0.3) is 5.91 Å². The molecule has 26 heavy (non-hydrogen) atoms. The van der Waals surface area contributed by atoms with Gasteiger partial charge in [-0.05, 0) is 34.1 Å². The van der Waals surface area contributed by atoms with Crippen LogP contribution in [0.3, 0.4) is 0 Å². The Kier molecular flexibility index (Phi) is 4.99. The molecule has 0 radical (unpaired) electrons. The van der Waals surface area contributed by atoms with E-state index in [-0.39, 0.29) is 11.8 Å². The van der Waals surface area contributed by atoms with E-state index >= 15 is 0 Å². The van der Waals surface area contributed by atoms with Crippen LogP contribution in [0.1, 0.15) is 17.4 Å². The maximum Gasteiger partial charge on any atom is 0.273 e. The Bertz CT molecular complexity index is 972. The first-order valence-electron chi connectivity index (χ1n) is 7.92. The predicted molar refractivity (Wildman–Crippen MR) is 106 cm³/mol. The molecule has 2 amide bonds. The van der Waals surface area contributed by atoms with Crippen LogP contribution in [0.15, 0.2) is 46.9 Å². The molecule has 0 atom stereocenters. The zero-order valence-electron chi connectivity index (χ0n) is 14.6. The molecule has 0 fully saturated rings. The number of anilines is 2. The number of benzene rings is 2. The lowest BCUT2D eigenvalue weighted by Gasteiger charge is -2.13. The van der Waals surface area contributed by atoms with E-state index in [4.69, 9.17) is 4.74 Å². The summed E-state index contributed by atoms with van der Waals surface area (Å²) in [5.74, 6) is 0.0531. The Labute approximate surface area is 159 Å². The summed E-state index contributed by atoms with van der Waals surface area (Å²) in [5.41, 5.74) is 2.39. The summed E-state index contributed by atoms with van der Waals surface area (Å²) in [4.78, 5) is 24.4. The van der Waals surface area contributed by atoms with Crippen LogP contribution >= 0.6 is 15.9 Å². The largest absolute Gasteiger partial charge is 0.497 e. The summed E-state index contributed by atoms with van der Waals surface area (Å²) in [5, 5.41) is 6.53. The third-order valence-electron chi connectivity index (χ3n) is 4.05. The Morgan fingerprint density at radius 2 is 1.81 bits per heavy atom. The van der Waals surface area contributed by atoms with Gasteiger partial charge in [0.05, 0.1) is 23.0 Å². The first-order valence-corrected chi connectivity index (χ1v) is 8.71. The van der Waals surface area contributed by atoms with Crippen molar-refractivity contribution in [3.8, 4) is 5.75 Å². The summed E-state index contributed by atoms with van der Waals surface area (Å²) in [6.07, 6.45) is 0. The minimum atomic E-state index is -0.296. The highest BCUT2D eigenvalue weighted by atomic mass is 79.9. The van der Waals surface area contributed by atoms with Crippen LogP contribution in [-0.4, -0.2) is 23.5 Å². The Hall–Kier alpha value is -2.80. The number of hydrogen-bond acceptors (Lipinski definition) is 3. The minimum Gasteiger partial charge on any atom is -0.497 e. The molecule has 0 saturated heterocycles. The van der Waals surface area contributed by atoms with E-state index < -0.39 is 0 Å². The summed E-state index contributed by atoms with van der Waals surface area (Å²) >= 11 is 3.53. The molecule has 2 aromatic carbocycles. The number of carbonyl (C=O) groups excluding carboxylic acids is 2. The van der Waals surface area contributed by atoms with E-state index in [1.54, 1.807) is 25.3 Å². The number of fused-ring (bicyclic) bond motifs is 1. The maximum absolute atomic E-state index is 12.9. The lowest BCUT2D eigenvalue weighted by Crippen LogP contribution is -2.18. The third-order valence-corrected chi connectivity index (χ3v) is 4.85. The van der Waals surface area contributed by atoms with Crippen molar-refractivity contribution in [2.24, 2.45) is 7.05 Å². The normalized spacial score (nSPS) is 10.6. The molecule has 134 valence electrons. The lowest BCUT2D eigenvalue weighted by atomic mass is 10.2. The van der Waals surface area contributed by atoms with E-state index in [9.17, 15) is 9.59 Å². The van der Waals surface area contributed by atoms with Gasteiger partial charge in [0, 0.05) is 30.9 Å². The molecule has 3 rings (SSSR count).